The molecule has 1 N–H and O–H groups in total. The van der Waals surface area contributed by atoms with E-state index in [-0.39, 0.29) is 17.8 Å². The summed E-state index contributed by atoms with van der Waals surface area (Å²) in [5.74, 6) is 0.761. The molecule has 0 spiro atoms. The number of aryl methyl sites for hydroxylation is 1. The number of aliphatic hydroxyl groups is 1. The Balaban J connectivity index is 1.27. The van der Waals surface area contributed by atoms with Gasteiger partial charge in [0.1, 0.15) is 0 Å². The van der Waals surface area contributed by atoms with Crippen molar-refractivity contribution in [1.82, 2.24) is 5.16 Å². The van der Waals surface area contributed by atoms with Gasteiger partial charge in [-0.2, -0.15) is 0 Å². The van der Waals surface area contributed by atoms with Crippen LogP contribution in [0.5, 0.6) is 0 Å². The van der Waals surface area contributed by atoms with Crippen molar-refractivity contribution in [2.24, 2.45) is 5.92 Å². The third-order valence-electron chi connectivity index (χ3n) is 6.91. The summed E-state index contributed by atoms with van der Waals surface area (Å²) in [4.78, 5) is 12.0. The summed E-state index contributed by atoms with van der Waals surface area (Å²) in [5.41, 5.74) is 6.73. The number of carbonyl (C=O) groups is 1. The van der Waals surface area contributed by atoms with Gasteiger partial charge in [0.25, 0.3) is 0 Å². The second-order valence-corrected chi connectivity index (χ2v) is 9.48. The maximum atomic E-state index is 12.0. The van der Waals surface area contributed by atoms with E-state index in [4.69, 9.17) is 9.26 Å². The number of ether oxygens (including phenoxy) is 1. The van der Waals surface area contributed by atoms with Crippen molar-refractivity contribution < 1.29 is 19.2 Å². The molecule has 5 heteroatoms. The van der Waals surface area contributed by atoms with Gasteiger partial charge in [-0.1, -0.05) is 96.2 Å². The van der Waals surface area contributed by atoms with E-state index in [9.17, 15) is 9.90 Å². The molecule has 4 aromatic rings. The number of aliphatic hydroxyl groups excluding tert-OH is 1. The minimum Gasteiger partial charge on any atom is -0.466 e. The molecule has 0 aliphatic heterocycles. The van der Waals surface area contributed by atoms with Crippen molar-refractivity contribution in [2.45, 2.75) is 38.7 Å². The largest absolute Gasteiger partial charge is 0.466 e. The van der Waals surface area contributed by atoms with Crippen molar-refractivity contribution in [3.63, 3.8) is 0 Å². The maximum absolute atomic E-state index is 12.0. The van der Waals surface area contributed by atoms with Crippen LogP contribution in [-0.2, 0) is 9.53 Å². The van der Waals surface area contributed by atoms with E-state index in [2.05, 4.69) is 29.4 Å². The zero-order chi connectivity index (χ0) is 25.8. The van der Waals surface area contributed by atoms with Crippen LogP contribution in [-0.4, -0.2) is 22.8 Å². The van der Waals surface area contributed by atoms with Crippen molar-refractivity contribution in [2.75, 3.05) is 6.61 Å². The second-order valence-electron chi connectivity index (χ2n) is 9.48. The zero-order valence-electron chi connectivity index (χ0n) is 21.1. The lowest BCUT2D eigenvalue weighted by molar-refractivity contribution is -0.144. The van der Waals surface area contributed by atoms with Gasteiger partial charge in [0.05, 0.1) is 29.9 Å². The Bertz CT molecular complexity index is 1370. The molecule has 1 aliphatic rings. The first kappa shape index (κ1) is 24.7. The van der Waals surface area contributed by atoms with E-state index >= 15 is 0 Å². The van der Waals surface area contributed by atoms with Crippen LogP contribution < -0.4 is 0 Å². The van der Waals surface area contributed by atoms with Gasteiger partial charge in [-0.25, -0.2) is 0 Å². The number of nitrogens with zero attached hydrogens (tertiary/aromatic N) is 1. The maximum Gasteiger partial charge on any atom is 0.309 e. The predicted molar refractivity (Wildman–Crippen MR) is 145 cm³/mol. The molecule has 188 valence electrons. The molecule has 0 amide bonds. The lowest BCUT2D eigenvalue weighted by atomic mass is 9.97. The molecule has 1 heterocycles. The van der Waals surface area contributed by atoms with Crippen LogP contribution >= 0.6 is 0 Å². The number of hydrogen-bond acceptors (Lipinski definition) is 5. The van der Waals surface area contributed by atoms with Crippen molar-refractivity contribution in [3.05, 3.63) is 107 Å². The van der Waals surface area contributed by atoms with Gasteiger partial charge in [-0.3, -0.25) is 4.79 Å². The highest BCUT2D eigenvalue weighted by Gasteiger charge is 2.45. The SMILES string of the molecule is CCOC(=O)C1CC1c1ccc(-c2ccc(-c3onc(C)c3C(O)C/C=C/c3ccccc3)cc2)cc1. The average Bonchev–Trinajstić information content (AvgIpc) is 3.64. The Morgan fingerprint density at radius 3 is 2.35 bits per heavy atom. The molecule has 0 saturated heterocycles. The van der Waals surface area contributed by atoms with E-state index in [0.29, 0.717) is 24.5 Å². The minimum absolute atomic E-state index is 0.00572. The second kappa shape index (κ2) is 11.0. The Kier molecular flexibility index (Phi) is 7.33. The fraction of sp³-hybridized carbons (Fsp3) is 0.250. The highest BCUT2D eigenvalue weighted by Crippen LogP contribution is 2.48. The monoisotopic (exact) mass is 493 g/mol. The zero-order valence-corrected chi connectivity index (χ0v) is 21.1. The molecule has 3 aromatic carbocycles. The quantitative estimate of drug-likeness (QED) is 0.251. The Morgan fingerprint density at radius 1 is 1.03 bits per heavy atom. The normalized spacial score (nSPS) is 17.6. The summed E-state index contributed by atoms with van der Waals surface area (Å²) in [5, 5.41) is 15.1. The van der Waals surface area contributed by atoms with Crippen LogP contribution in [0.1, 0.15) is 54.2 Å². The number of benzene rings is 3. The summed E-state index contributed by atoms with van der Waals surface area (Å²) in [7, 11) is 0. The summed E-state index contributed by atoms with van der Waals surface area (Å²) < 4.78 is 10.8. The molecule has 5 rings (SSSR count). The van der Waals surface area contributed by atoms with Gasteiger partial charge >= 0.3 is 5.97 Å². The van der Waals surface area contributed by atoms with Crippen molar-refractivity contribution >= 4 is 12.0 Å². The minimum atomic E-state index is -0.714. The van der Waals surface area contributed by atoms with E-state index < -0.39 is 6.10 Å². The fourth-order valence-electron chi connectivity index (χ4n) is 4.80. The van der Waals surface area contributed by atoms with E-state index in [1.54, 1.807) is 0 Å². The average molecular weight is 494 g/mol. The predicted octanol–water partition coefficient (Wildman–Crippen LogP) is 7.12. The summed E-state index contributed by atoms with van der Waals surface area (Å²) in [6.45, 7) is 4.12. The molecule has 1 aliphatic carbocycles. The summed E-state index contributed by atoms with van der Waals surface area (Å²) in [6.07, 6.45) is 4.59. The number of carbonyl (C=O) groups excluding carboxylic acids is 1. The molecule has 1 aromatic heterocycles. The first-order valence-corrected chi connectivity index (χ1v) is 12.8. The Labute approximate surface area is 217 Å². The van der Waals surface area contributed by atoms with E-state index in [0.717, 1.165) is 34.2 Å². The molecule has 3 atom stereocenters. The van der Waals surface area contributed by atoms with Gasteiger partial charge in [0, 0.05) is 5.56 Å². The highest BCUT2D eigenvalue weighted by molar-refractivity contribution is 5.77. The lowest BCUT2D eigenvalue weighted by Crippen LogP contribution is -2.07. The van der Waals surface area contributed by atoms with Crippen LogP contribution in [0.15, 0.2) is 89.5 Å². The molecule has 3 unspecified atom stereocenters. The molecular weight excluding hydrogens is 462 g/mol. The van der Waals surface area contributed by atoms with Crippen LogP contribution in [0.2, 0.25) is 0 Å². The number of rotatable bonds is 9. The molecule has 5 nitrogen and oxygen atoms in total. The van der Waals surface area contributed by atoms with Gasteiger partial charge < -0.3 is 14.4 Å². The van der Waals surface area contributed by atoms with Crippen LogP contribution in [0.3, 0.4) is 0 Å². The van der Waals surface area contributed by atoms with Gasteiger partial charge in [0.15, 0.2) is 5.76 Å². The van der Waals surface area contributed by atoms with E-state index in [1.807, 2.05) is 80.6 Å². The number of hydrogen-bond donors (Lipinski definition) is 1. The Hall–Kier alpha value is -3.96. The summed E-state index contributed by atoms with van der Waals surface area (Å²) in [6, 6.07) is 26.5. The highest BCUT2D eigenvalue weighted by atomic mass is 16.5. The van der Waals surface area contributed by atoms with Crippen LogP contribution in [0.25, 0.3) is 28.5 Å². The number of esters is 1. The lowest BCUT2D eigenvalue weighted by Gasteiger charge is -2.10. The molecule has 37 heavy (non-hydrogen) atoms. The number of aromatic nitrogens is 1. The Morgan fingerprint density at radius 2 is 1.68 bits per heavy atom. The first-order valence-electron chi connectivity index (χ1n) is 12.8. The topological polar surface area (TPSA) is 72.6 Å². The van der Waals surface area contributed by atoms with Gasteiger partial charge in [-0.05, 0) is 54.9 Å². The van der Waals surface area contributed by atoms with E-state index in [1.165, 1.54) is 5.56 Å². The molecule has 0 bridgehead atoms. The third kappa shape index (κ3) is 5.57. The third-order valence-corrected chi connectivity index (χ3v) is 6.91. The molecule has 1 fully saturated rings. The van der Waals surface area contributed by atoms with Gasteiger partial charge in [-0.15, -0.1) is 0 Å². The van der Waals surface area contributed by atoms with Crippen LogP contribution in [0.4, 0.5) is 0 Å². The molecular formula is C32H31NO4. The van der Waals surface area contributed by atoms with Crippen molar-refractivity contribution in [3.8, 4) is 22.5 Å². The molecule has 1 saturated carbocycles. The standard InChI is InChI=1S/C32H31NO4/c1-3-36-32(35)28-20-27(28)25-16-12-23(13-17-25)24-14-18-26(19-15-24)31-30(21(2)33-37-31)29(34)11-7-10-22-8-5-4-6-9-22/h4-10,12-19,27-29,34H,3,11,20H2,1-2H3/b10-7+. The summed E-state index contributed by atoms with van der Waals surface area (Å²) >= 11 is 0. The first-order chi connectivity index (χ1) is 18.0. The van der Waals surface area contributed by atoms with Gasteiger partial charge in [0.2, 0.25) is 0 Å². The van der Waals surface area contributed by atoms with Crippen LogP contribution in [0, 0.1) is 12.8 Å². The van der Waals surface area contributed by atoms with Crippen molar-refractivity contribution in [1.29, 1.82) is 0 Å². The molecule has 0 radical (unpaired) electrons. The fourth-order valence-corrected chi connectivity index (χ4v) is 4.80. The smallest absolute Gasteiger partial charge is 0.309 e.